The van der Waals surface area contributed by atoms with E-state index in [1.807, 2.05) is 6.07 Å². The summed E-state index contributed by atoms with van der Waals surface area (Å²) in [5.41, 5.74) is -0.0826. The van der Waals surface area contributed by atoms with Crippen molar-refractivity contribution >= 4 is 15.9 Å². The molecule has 0 aliphatic heterocycles. The van der Waals surface area contributed by atoms with Crippen LogP contribution < -0.4 is 4.74 Å². The molecular weight excluding hydrogens is 306 g/mol. The van der Waals surface area contributed by atoms with Gasteiger partial charge < -0.3 is 9.64 Å². The average molecular weight is 330 g/mol. The standard InChI is InChI=1S/C14H24BrN3O/c1-6-18(7-2)8-9-19-12-10-11(15)16-13(17-12)14(3,4)5/h10H,6-9H2,1-5H3. The molecule has 1 aromatic rings. The molecular formula is C14H24BrN3O. The predicted octanol–water partition coefficient (Wildman–Crippen LogP) is 3.26. The van der Waals surface area contributed by atoms with Crippen LogP contribution in [0.5, 0.6) is 5.88 Å². The van der Waals surface area contributed by atoms with Crippen molar-refractivity contribution < 1.29 is 4.74 Å². The molecule has 0 aromatic carbocycles. The maximum atomic E-state index is 5.73. The molecule has 0 amide bonds. The van der Waals surface area contributed by atoms with Gasteiger partial charge in [-0.15, -0.1) is 0 Å². The van der Waals surface area contributed by atoms with Gasteiger partial charge in [0.15, 0.2) is 0 Å². The number of hydrogen-bond acceptors (Lipinski definition) is 4. The second kappa shape index (κ2) is 7.20. The second-order valence-electron chi connectivity index (χ2n) is 5.48. The van der Waals surface area contributed by atoms with Crippen LogP contribution in [0.4, 0.5) is 0 Å². The minimum Gasteiger partial charge on any atom is -0.476 e. The molecule has 0 fully saturated rings. The van der Waals surface area contributed by atoms with Gasteiger partial charge >= 0.3 is 0 Å². The van der Waals surface area contributed by atoms with E-state index in [1.54, 1.807) is 0 Å². The molecule has 0 aliphatic rings. The van der Waals surface area contributed by atoms with Crippen LogP contribution in [0.1, 0.15) is 40.4 Å². The zero-order valence-corrected chi connectivity index (χ0v) is 14.1. The van der Waals surface area contributed by atoms with E-state index in [0.717, 1.165) is 30.1 Å². The quantitative estimate of drug-likeness (QED) is 0.751. The van der Waals surface area contributed by atoms with Crippen molar-refractivity contribution in [2.24, 2.45) is 0 Å². The summed E-state index contributed by atoms with van der Waals surface area (Å²) in [6, 6.07) is 1.82. The fraction of sp³-hybridized carbons (Fsp3) is 0.714. The van der Waals surface area contributed by atoms with Gasteiger partial charge in [0.2, 0.25) is 5.88 Å². The topological polar surface area (TPSA) is 38.2 Å². The Bertz CT molecular complexity index is 400. The molecule has 19 heavy (non-hydrogen) atoms. The van der Waals surface area contributed by atoms with Crippen LogP contribution in [0.3, 0.4) is 0 Å². The lowest BCUT2D eigenvalue weighted by atomic mass is 9.96. The summed E-state index contributed by atoms with van der Waals surface area (Å²) in [6.45, 7) is 14.2. The SMILES string of the molecule is CCN(CC)CCOc1cc(Br)nc(C(C)(C)C)n1. The Labute approximate surface area is 124 Å². The molecule has 0 unspecified atom stereocenters. The number of aromatic nitrogens is 2. The van der Waals surface area contributed by atoms with Crippen LogP contribution in [-0.2, 0) is 5.41 Å². The number of rotatable bonds is 6. The maximum Gasteiger partial charge on any atom is 0.217 e. The van der Waals surface area contributed by atoms with E-state index in [9.17, 15) is 0 Å². The van der Waals surface area contributed by atoms with Crippen molar-refractivity contribution in [1.29, 1.82) is 0 Å². The van der Waals surface area contributed by atoms with Gasteiger partial charge in [0.25, 0.3) is 0 Å². The van der Waals surface area contributed by atoms with Crippen molar-refractivity contribution in [1.82, 2.24) is 14.9 Å². The van der Waals surface area contributed by atoms with Gasteiger partial charge in [0.1, 0.15) is 17.0 Å². The van der Waals surface area contributed by atoms with Crippen molar-refractivity contribution in [3.63, 3.8) is 0 Å². The molecule has 0 aliphatic carbocycles. The monoisotopic (exact) mass is 329 g/mol. The summed E-state index contributed by atoms with van der Waals surface area (Å²) >= 11 is 3.41. The molecule has 1 heterocycles. The van der Waals surface area contributed by atoms with Gasteiger partial charge in [-0.25, -0.2) is 4.98 Å². The van der Waals surface area contributed by atoms with Crippen LogP contribution >= 0.6 is 15.9 Å². The third-order valence-electron chi connectivity index (χ3n) is 2.89. The third kappa shape index (κ3) is 5.45. The fourth-order valence-corrected chi connectivity index (χ4v) is 1.99. The van der Waals surface area contributed by atoms with Crippen LogP contribution in [0.15, 0.2) is 10.7 Å². The molecule has 0 saturated heterocycles. The normalized spacial score (nSPS) is 11.9. The van der Waals surface area contributed by atoms with Crippen LogP contribution in [-0.4, -0.2) is 41.1 Å². The number of nitrogens with zero attached hydrogens (tertiary/aromatic N) is 3. The van der Waals surface area contributed by atoms with Crippen molar-refractivity contribution in [3.8, 4) is 5.88 Å². The van der Waals surface area contributed by atoms with Crippen LogP contribution in [0.2, 0.25) is 0 Å². The van der Waals surface area contributed by atoms with Gasteiger partial charge in [-0.05, 0) is 29.0 Å². The first-order valence-corrected chi connectivity index (χ1v) is 7.56. The lowest BCUT2D eigenvalue weighted by molar-refractivity contribution is 0.216. The molecule has 0 atom stereocenters. The summed E-state index contributed by atoms with van der Waals surface area (Å²) < 4.78 is 6.50. The van der Waals surface area contributed by atoms with Gasteiger partial charge in [-0.1, -0.05) is 34.6 Å². The summed E-state index contributed by atoms with van der Waals surface area (Å²) in [4.78, 5) is 11.2. The highest BCUT2D eigenvalue weighted by Gasteiger charge is 2.19. The smallest absolute Gasteiger partial charge is 0.217 e. The Kier molecular flexibility index (Phi) is 6.20. The molecule has 1 rings (SSSR count). The van der Waals surface area contributed by atoms with Crippen molar-refractivity contribution in [3.05, 3.63) is 16.5 Å². The average Bonchev–Trinajstić information content (AvgIpc) is 2.33. The molecule has 0 bridgehead atoms. The molecule has 0 saturated carbocycles. The molecule has 0 N–H and O–H groups in total. The Morgan fingerprint density at radius 3 is 2.37 bits per heavy atom. The van der Waals surface area contributed by atoms with Crippen molar-refractivity contribution in [2.45, 2.75) is 40.0 Å². The number of hydrogen-bond donors (Lipinski definition) is 0. The molecule has 5 heteroatoms. The Hall–Kier alpha value is -0.680. The first-order chi connectivity index (χ1) is 8.86. The zero-order chi connectivity index (χ0) is 14.5. The Morgan fingerprint density at radius 2 is 1.84 bits per heavy atom. The van der Waals surface area contributed by atoms with Gasteiger partial charge in [-0.2, -0.15) is 4.98 Å². The van der Waals surface area contributed by atoms with E-state index < -0.39 is 0 Å². The minimum absolute atomic E-state index is 0.0826. The van der Waals surface area contributed by atoms with E-state index in [-0.39, 0.29) is 5.41 Å². The first kappa shape index (κ1) is 16.4. The van der Waals surface area contributed by atoms with E-state index in [2.05, 4.69) is 65.4 Å². The summed E-state index contributed by atoms with van der Waals surface area (Å²) in [6.07, 6.45) is 0. The molecule has 4 nitrogen and oxygen atoms in total. The Balaban J connectivity index is 2.66. The minimum atomic E-state index is -0.0826. The summed E-state index contributed by atoms with van der Waals surface area (Å²) in [7, 11) is 0. The van der Waals surface area contributed by atoms with E-state index in [4.69, 9.17) is 4.74 Å². The Morgan fingerprint density at radius 1 is 1.21 bits per heavy atom. The molecule has 1 aromatic heterocycles. The highest BCUT2D eigenvalue weighted by atomic mass is 79.9. The molecule has 0 spiro atoms. The summed E-state index contributed by atoms with van der Waals surface area (Å²) in [5, 5.41) is 0. The van der Waals surface area contributed by atoms with Crippen LogP contribution in [0.25, 0.3) is 0 Å². The van der Waals surface area contributed by atoms with Gasteiger partial charge in [0.05, 0.1) is 0 Å². The highest BCUT2D eigenvalue weighted by molar-refractivity contribution is 9.10. The third-order valence-corrected chi connectivity index (χ3v) is 3.30. The summed E-state index contributed by atoms with van der Waals surface area (Å²) in [5.74, 6) is 1.43. The number of halogens is 1. The predicted molar refractivity (Wildman–Crippen MR) is 81.7 cm³/mol. The zero-order valence-electron chi connectivity index (χ0n) is 12.5. The first-order valence-electron chi connectivity index (χ1n) is 6.77. The number of ether oxygens (including phenoxy) is 1. The lowest BCUT2D eigenvalue weighted by Gasteiger charge is -2.19. The largest absolute Gasteiger partial charge is 0.476 e. The number of likely N-dealkylation sites (N-methyl/N-ethyl adjacent to an activating group) is 1. The maximum absolute atomic E-state index is 5.73. The lowest BCUT2D eigenvalue weighted by Crippen LogP contribution is -2.28. The highest BCUT2D eigenvalue weighted by Crippen LogP contribution is 2.23. The molecule has 108 valence electrons. The van der Waals surface area contributed by atoms with Gasteiger partial charge in [-0.3, -0.25) is 0 Å². The van der Waals surface area contributed by atoms with E-state index >= 15 is 0 Å². The van der Waals surface area contributed by atoms with E-state index in [0.29, 0.717) is 12.5 Å². The second-order valence-corrected chi connectivity index (χ2v) is 6.29. The van der Waals surface area contributed by atoms with Gasteiger partial charge in [0, 0.05) is 18.0 Å². The van der Waals surface area contributed by atoms with Crippen LogP contribution in [0, 0.1) is 0 Å². The molecule has 0 radical (unpaired) electrons. The fourth-order valence-electron chi connectivity index (χ4n) is 1.63. The van der Waals surface area contributed by atoms with E-state index in [1.165, 1.54) is 0 Å². The van der Waals surface area contributed by atoms with Crippen molar-refractivity contribution in [2.75, 3.05) is 26.2 Å².